The SMILES string of the molecule is CCCCCCCCCCCCCCCCCCc1ccc2c3c(ccc2c1)OC(=O)Oc1ccc2cc(CCCCCCCCCCCCCCCCCC)ccc2c1-3. The Balaban J connectivity index is 1.03. The summed E-state index contributed by atoms with van der Waals surface area (Å²) in [7, 11) is 0. The van der Waals surface area contributed by atoms with E-state index in [0.29, 0.717) is 11.5 Å². The predicted octanol–water partition coefficient (Wildman–Crippen LogP) is 19.2. The molecule has 0 amide bonds. The lowest BCUT2D eigenvalue weighted by Crippen LogP contribution is -2.12. The van der Waals surface area contributed by atoms with Gasteiger partial charge in [-0.2, -0.15) is 0 Å². The van der Waals surface area contributed by atoms with Gasteiger partial charge in [-0.1, -0.05) is 255 Å². The predicted molar refractivity (Wildman–Crippen MR) is 260 cm³/mol. The van der Waals surface area contributed by atoms with E-state index >= 15 is 0 Å². The Morgan fingerprint density at radius 3 is 0.917 bits per heavy atom. The van der Waals surface area contributed by atoms with E-state index < -0.39 is 6.16 Å². The van der Waals surface area contributed by atoms with E-state index in [9.17, 15) is 4.79 Å². The van der Waals surface area contributed by atoms with Crippen molar-refractivity contribution in [2.45, 2.75) is 232 Å². The zero-order valence-corrected chi connectivity index (χ0v) is 38.5. The molecule has 0 fully saturated rings. The molecule has 0 unspecified atom stereocenters. The molecule has 1 heterocycles. The maximum absolute atomic E-state index is 12.8. The molecule has 0 aromatic heterocycles. The monoisotopic (exact) mass is 817 g/mol. The first-order valence-electron chi connectivity index (χ1n) is 25.7. The van der Waals surface area contributed by atoms with Crippen molar-refractivity contribution in [1.82, 2.24) is 0 Å². The molecule has 0 saturated heterocycles. The summed E-state index contributed by atoms with van der Waals surface area (Å²) >= 11 is 0. The summed E-state index contributed by atoms with van der Waals surface area (Å²) in [4.78, 5) is 12.8. The van der Waals surface area contributed by atoms with Gasteiger partial charge in [0.15, 0.2) is 0 Å². The Hall–Kier alpha value is -3.33. The average Bonchev–Trinajstić information content (AvgIpc) is 3.41. The summed E-state index contributed by atoms with van der Waals surface area (Å²) in [6, 6.07) is 21.8. The number of carbonyl (C=O) groups excluding carboxylic acids is 1. The average molecular weight is 817 g/mol. The van der Waals surface area contributed by atoms with Gasteiger partial charge in [-0.25, -0.2) is 4.79 Å². The molecular weight excluding hydrogens is 733 g/mol. The van der Waals surface area contributed by atoms with Gasteiger partial charge in [-0.05, 0) is 70.5 Å². The number of ether oxygens (including phenoxy) is 2. The van der Waals surface area contributed by atoms with Gasteiger partial charge in [0.05, 0.1) is 0 Å². The first-order valence-corrected chi connectivity index (χ1v) is 25.7. The quantitative estimate of drug-likeness (QED) is 0.0268. The number of hydrogen-bond acceptors (Lipinski definition) is 3. The van der Waals surface area contributed by atoms with Crippen molar-refractivity contribution >= 4 is 27.7 Å². The normalized spacial score (nSPS) is 12.4. The maximum atomic E-state index is 12.8. The van der Waals surface area contributed by atoms with E-state index in [2.05, 4.69) is 62.4 Å². The van der Waals surface area contributed by atoms with Gasteiger partial charge < -0.3 is 9.47 Å². The van der Waals surface area contributed by atoms with E-state index in [0.717, 1.165) is 34.7 Å². The second-order valence-corrected chi connectivity index (χ2v) is 18.5. The van der Waals surface area contributed by atoms with E-state index in [-0.39, 0.29) is 0 Å². The zero-order valence-electron chi connectivity index (χ0n) is 38.5. The molecule has 4 aromatic rings. The van der Waals surface area contributed by atoms with Crippen LogP contribution in [0.4, 0.5) is 4.79 Å². The molecule has 0 aliphatic carbocycles. The van der Waals surface area contributed by atoms with Gasteiger partial charge in [-0.3, -0.25) is 0 Å². The minimum atomic E-state index is -0.672. The van der Waals surface area contributed by atoms with Gasteiger partial charge in [-0.15, -0.1) is 0 Å². The van der Waals surface area contributed by atoms with Crippen LogP contribution in [0.15, 0.2) is 60.7 Å². The summed E-state index contributed by atoms with van der Waals surface area (Å²) in [5, 5.41) is 4.58. The second kappa shape index (κ2) is 29.1. The lowest BCUT2D eigenvalue weighted by atomic mass is 9.90. The molecule has 1 aliphatic rings. The van der Waals surface area contributed by atoms with E-state index in [1.165, 1.54) is 227 Å². The summed E-state index contributed by atoms with van der Waals surface area (Å²) in [6.07, 6.45) is 46.1. The topological polar surface area (TPSA) is 35.5 Å². The Kier molecular flexibility index (Phi) is 23.1. The number of carbonyl (C=O) groups is 1. The van der Waals surface area contributed by atoms with E-state index in [1.54, 1.807) is 0 Å². The summed E-state index contributed by atoms with van der Waals surface area (Å²) in [6.45, 7) is 4.59. The molecule has 60 heavy (non-hydrogen) atoms. The highest BCUT2D eigenvalue weighted by Gasteiger charge is 2.26. The van der Waals surface area contributed by atoms with Crippen LogP contribution in [-0.4, -0.2) is 6.16 Å². The van der Waals surface area contributed by atoms with Crippen LogP contribution in [0.3, 0.4) is 0 Å². The fourth-order valence-electron chi connectivity index (χ4n) is 9.67. The number of unbranched alkanes of at least 4 members (excludes halogenated alkanes) is 30. The fraction of sp³-hybridized carbons (Fsp3) is 0.632. The number of aryl methyl sites for hydroxylation is 2. The van der Waals surface area contributed by atoms with Gasteiger partial charge in [0.25, 0.3) is 0 Å². The molecule has 4 aromatic carbocycles. The summed E-state index contributed by atoms with van der Waals surface area (Å²) in [5.41, 5.74) is 4.68. The van der Waals surface area contributed by atoms with Crippen LogP contribution >= 0.6 is 0 Å². The fourth-order valence-corrected chi connectivity index (χ4v) is 9.67. The highest BCUT2D eigenvalue weighted by Crippen LogP contribution is 2.47. The van der Waals surface area contributed by atoms with Crippen LogP contribution in [0.5, 0.6) is 11.5 Å². The smallest absolute Gasteiger partial charge is 0.394 e. The third-order valence-electron chi connectivity index (χ3n) is 13.4. The molecular formula is C57H84O3. The molecule has 5 rings (SSSR count). The Bertz CT molecular complexity index is 1660. The largest absolute Gasteiger partial charge is 0.519 e. The van der Waals surface area contributed by atoms with Crippen molar-refractivity contribution in [2.75, 3.05) is 0 Å². The van der Waals surface area contributed by atoms with Crippen molar-refractivity contribution < 1.29 is 14.3 Å². The Morgan fingerprint density at radius 1 is 0.333 bits per heavy atom. The number of rotatable bonds is 34. The maximum Gasteiger partial charge on any atom is 0.519 e. The number of fused-ring (bicyclic) bond motifs is 7. The van der Waals surface area contributed by atoms with Crippen molar-refractivity contribution in [2.24, 2.45) is 0 Å². The third kappa shape index (κ3) is 16.9. The van der Waals surface area contributed by atoms with Crippen LogP contribution in [0.1, 0.15) is 230 Å². The molecule has 0 spiro atoms. The molecule has 0 saturated carbocycles. The molecule has 3 heteroatoms. The third-order valence-corrected chi connectivity index (χ3v) is 13.4. The lowest BCUT2D eigenvalue weighted by molar-refractivity contribution is 0.154. The van der Waals surface area contributed by atoms with E-state index in [1.807, 2.05) is 12.1 Å². The molecule has 3 nitrogen and oxygen atoms in total. The minimum Gasteiger partial charge on any atom is -0.394 e. The first kappa shape index (κ1) is 47.7. The standard InChI is InChI=1S/C57H84O3/c1-3-5-7-9-11-13-15-17-19-21-23-25-27-29-31-33-35-47-37-41-51-49(45-47)39-43-53-55(51)56-52-42-38-48(46-50(52)40-44-54(56)60-57(58)59-53)36-34-32-30-28-26-24-22-20-18-16-14-12-10-8-6-4-2/h37-46H,3-36H2,1-2H3. The summed E-state index contributed by atoms with van der Waals surface area (Å²) < 4.78 is 11.6. The van der Waals surface area contributed by atoms with Crippen LogP contribution in [0.2, 0.25) is 0 Å². The number of hydrogen-bond donors (Lipinski definition) is 0. The van der Waals surface area contributed by atoms with Crippen molar-refractivity contribution in [3.05, 3.63) is 71.8 Å². The molecule has 1 aliphatic heterocycles. The molecule has 0 radical (unpaired) electrons. The van der Waals surface area contributed by atoms with Crippen molar-refractivity contribution in [3.63, 3.8) is 0 Å². The van der Waals surface area contributed by atoms with E-state index in [4.69, 9.17) is 9.47 Å². The number of benzene rings is 4. The van der Waals surface area contributed by atoms with Crippen LogP contribution in [-0.2, 0) is 12.8 Å². The first-order chi connectivity index (χ1) is 29.7. The van der Waals surface area contributed by atoms with Crippen LogP contribution in [0, 0.1) is 0 Å². The lowest BCUT2D eigenvalue weighted by Gasteiger charge is -2.15. The molecule has 330 valence electrons. The van der Waals surface area contributed by atoms with Gasteiger partial charge in [0.1, 0.15) is 11.5 Å². The highest BCUT2D eigenvalue weighted by molar-refractivity contribution is 6.11. The Labute approximate surface area is 367 Å². The molecule has 0 bridgehead atoms. The van der Waals surface area contributed by atoms with Crippen LogP contribution < -0.4 is 9.47 Å². The molecule has 0 atom stereocenters. The van der Waals surface area contributed by atoms with Crippen LogP contribution in [0.25, 0.3) is 32.7 Å². The highest BCUT2D eigenvalue weighted by atomic mass is 16.7. The second-order valence-electron chi connectivity index (χ2n) is 18.5. The van der Waals surface area contributed by atoms with Gasteiger partial charge >= 0.3 is 6.16 Å². The minimum absolute atomic E-state index is 0.571. The van der Waals surface area contributed by atoms with Crippen molar-refractivity contribution in [3.8, 4) is 22.6 Å². The Morgan fingerprint density at radius 2 is 0.617 bits per heavy atom. The van der Waals surface area contributed by atoms with Gasteiger partial charge in [0.2, 0.25) is 0 Å². The summed E-state index contributed by atoms with van der Waals surface area (Å²) in [5.74, 6) is 1.14. The van der Waals surface area contributed by atoms with Gasteiger partial charge in [0, 0.05) is 11.1 Å². The zero-order chi connectivity index (χ0) is 41.9. The molecule has 0 N–H and O–H groups in total. The van der Waals surface area contributed by atoms with Crippen molar-refractivity contribution in [1.29, 1.82) is 0 Å².